The first kappa shape index (κ1) is 12.4. The zero-order chi connectivity index (χ0) is 12.0. The van der Waals surface area contributed by atoms with E-state index >= 15 is 0 Å². The molecule has 0 N–H and O–H groups in total. The fraction of sp³-hybridized carbons (Fsp3) is 0.182. The number of esters is 1. The Morgan fingerprint density at radius 2 is 1.94 bits per heavy atom. The standard InChI is InChI=1S/C11H12O4S/c1-15-11(12)9-16(13,14)8-7-10-5-3-2-4-6-10/h2-8H,9H2,1H3. The SMILES string of the molecule is COC(=O)CS(=O)(=O)C=Cc1ccccc1. The highest BCUT2D eigenvalue weighted by Crippen LogP contribution is 2.04. The van der Waals surface area contributed by atoms with Gasteiger partial charge in [0.25, 0.3) is 0 Å². The largest absolute Gasteiger partial charge is 0.468 e. The molecule has 1 aromatic rings. The highest BCUT2D eigenvalue weighted by molar-refractivity contribution is 7.95. The van der Waals surface area contributed by atoms with Crippen LogP contribution in [0.4, 0.5) is 0 Å². The van der Waals surface area contributed by atoms with Gasteiger partial charge in [-0.3, -0.25) is 4.79 Å². The Bertz CT molecular complexity index is 474. The van der Waals surface area contributed by atoms with E-state index in [0.29, 0.717) is 0 Å². The van der Waals surface area contributed by atoms with E-state index in [9.17, 15) is 13.2 Å². The Balaban J connectivity index is 2.74. The van der Waals surface area contributed by atoms with Crippen LogP contribution in [-0.2, 0) is 19.4 Å². The maximum Gasteiger partial charge on any atom is 0.321 e. The highest BCUT2D eigenvalue weighted by Gasteiger charge is 2.13. The molecule has 5 heteroatoms. The molecule has 4 nitrogen and oxygen atoms in total. The lowest BCUT2D eigenvalue weighted by Gasteiger charge is -1.97. The van der Waals surface area contributed by atoms with Crippen LogP contribution in [0, 0.1) is 0 Å². The minimum absolute atomic E-state index is 0.632. The molecule has 0 amide bonds. The summed E-state index contributed by atoms with van der Waals surface area (Å²) in [5.74, 6) is -1.40. The molecule has 86 valence electrons. The van der Waals surface area contributed by atoms with Gasteiger partial charge in [-0.1, -0.05) is 30.3 Å². The Labute approximate surface area is 94.5 Å². The van der Waals surface area contributed by atoms with Gasteiger partial charge in [0, 0.05) is 5.41 Å². The third-order valence-electron chi connectivity index (χ3n) is 1.81. The summed E-state index contributed by atoms with van der Waals surface area (Å²) in [4.78, 5) is 10.8. The van der Waals surface area contributed by atoms with Gasteiger partial charge < -0.3 is 4.74 Å². The number of rotatable bonds is 4. The summed E-state index contributed by atoms with van der Waals surface area (Å²) < 4.78 is 27.1. The number of methoxy groups -OCH3 is 1. The predicted octanol–water partition coefficient (Wildman–Crippen LogP) is 1.25. The second-order valence-corrected chi connectivity index (χ2v) is 4.98. The lowest BCUT2D eigenvalue weighted by atomic mass is 10.2. The number of hydrogen-bond donors (Lipinski definition) is 0. The molecule has 0 unspecified atom stereocenters. The molecule has 16 heavy (non-hydrogen) atoms. The van der Waals surface area contributed by atoms with Crippen LogP contribution in [0.1, 0.15) is 5.56 Å². The van der Waals surface area contributed by atoms with Gasteiger partial charge in [0.15, 0.2) is 15.6 Å². The van der Waals surface area contributed by atoms with Gasteiger partial charge in [0.05, 0.1) is 7.11 Å². The van der Waals surface area contributed by atoms with Gasteiger partial charge in [-0.25, -0.2) is 8.42 Å². The number of benzene rings is 1. The highest BCUT2D eigenvalue weighted by atomic mass is 32.2. The van der Waals surface area contributed by atoms with Gasteiger partial charge in [-0.05, 0) is 11.6 Å². The van der Waals surface area contributed by atoms with E-state index in [-0.39, 0.29) is 0 Å². The molecule has 0 aliphatic rings. The minimum Gasteiger partial charge on any atom is -0.468 e. The van der Waals surface area contributed by atoms with E-state index in [2.05, 4.69) is 4.74 Å². The summed E-state index contributed by atoms with van der Waals surface area (Å²) >= 11 is 0. The van der Waals surface area contributed by atoms with Crippen LogP contribution in [0.5, 0.6) is 0 Å². The molecule has 0 atom stereocenters. The third-order valence-corrected chi connectivity index (χ3v) is 3.00. The lowest BCUT2D eigenvalue weighted by Crippen LogP contribution is -2.14. The summed E-state index contributed by atoms with van der Waals surface area (Å²) in [5, 5.41) is 1.01. The first-order valence-corrected chi connectivity index (χ1v) is 6.28. The van der Waals surface area contributed by atoms with Gasteiger partial charge >= 0.3 is 5.97 Å². The average molecular weight is 240 g/mol. The monoisotopic (exact) mass is 240 g/mol. The van der Waals surface area contributed by atoms with E-state index in [1.54, 1.807) is 24.3 Å². The zero-order valence-electron chi connectivity index (χ0n) is 8.79. The Morgan fingerprint density at radius 3 is 2.50 bits per heavy atom. The van der Waals surface area contributed by atoms with Crippen molar-refractivity contribution in [3.05, 3.63) is 41.3 Å². The smallest absolute Gasteiger partial charge is 0.321 e. The molecule has 0 saturated carbocycles. The number of carbonyl (C=O) groups excluding carboxylic acids is 1. The molecular weight excluding hydrogens is 228 g/mol. The fourth-order valence-electron chi connectivity index (χ4n) is 1.02. The van der Waals surface area contributed by atoms with Crippen molar-refractivity contribution in [1.29, 1.82) is 0 Å². The van der Waals surface area contributed by atoms with Crippen LogP contribution in [0.25, 0.3) is 6.08 Å². The summed E-state index contributed by atoms with van der Waals surface area (Å²) in [5.41, 5.74) is 0.760. The molecule has 0 radical (unpaired) electrons. The van der Waals surface area contributed by atoms with Crippen LogP contribution < -0.4 is 0 Å². The van der Waals surface area contributed by atoms with Crippen LogP contribution in [0.2, 0.25) is 0 Å². The predicted molar refractivity (Wildman–Crippen MR) is 61.3 cm³/mol. The molecule has 0 saturated heterocycles. The Kier molecular flexibility index (Phi) is 4.25. The number of sulfone groups is 1. The second-order valence-electron chi connectivity index (χ2n) is 3.10. The third kappa shape index (κ3) is 4.27. The molecular formula is C11H12O4S. The minimum atomic E-state index is -3.55. The van der Waals surface area contributed by atoms with Crippen molar-refractivity contribution in [2.45, 2.75) is 0 Å². The van der Waals surface area contributed by atoms with E-state index in [1.807, 2.05) is 6.07 Å². The molecule has 1 rings (SSSR count). The van der Waals surface area contributed by atoms with E-state index in [4.69, 9.17) is 0 Å². The van der Waals surface area contributed by atoms with Crippen molar-refractivity contribution in [2.75, 3.05) is 12.9 Å². The summed E-state index contributed by atoms with van der Waals surface area (Å²) in [7, 11) is -2.39. The van der Waals surface area contributed by atoms with E-state index < -0.39 is 21.6 Å². The molecule has 0 aromatic heterocycles. The fourth-order valence-corrected chi connectivity index (χ4v) is 1.92. The van der Waals surface area contributed by atoms with Gasteiger partial charge in [-0.2, -0.15) is 0 Å². The first-order chi connectivity index (χ1) is 7.53. The number of hydrogen-bond acceptors (Lipinski definition) is 4. The second kappa shape index (κ2) is 5.46. The van der Waals surface area contributed by atoms with Crippen molar-refractivity contribution in [2.24, 2.45) is 0 Å². The lowest BCUT2D eigenvalue weighted by molar-refractivity contribution is -0.137. The normalized spacial score (nSPS) is 11.6. The van der Waals surface area contributed by atoms with E-state index in [0.717, 1.165) is 18.1 Å². The quantitative estimate of drug-likeness (QED) is 0.743. The van der Waals surface area contributed by atoms with Crippen molar-refractivity contribution < 1.29 is 17.9 Å². The Morgan fingerprint density at radius 1 is 1.31 bits per heavy atom. The summed E-state index contributed by atoms with van der Waals surface area (Å²) in [6, 6.07) is 8.97. The first-order valence-electron chi connectivity index (χ1n) is 4.56. The molecule has 0 bridgehead atoms. The van der Waals surface area contributed by atoms with Crippen molar-refractivity contribution in [1.82, 2.24) is 0 Å². The van der Waals surface area contributed by atoms with Crippen molar-refractivity contribution >= 4 is 21.9 Å². The van der Waals surface area contributed by atoms with Crippen LogP contribution >= 0.6 is 0 Å². The number of ether oxygens (including phenoxy) is 1. The average Bonchev–Trinajstić information content (AvgIpc) is 2.27. The molecule has 0 heterocycles. The molecule has 0 spiro atoms. The van der Waals surface area contributed by atoms with E-state index in [1.165, 1.54) is 6.08 Å². The van der Waals surface area contributed by atoms with Gasteiger partial charge in [0.1, 0.15) is 0 Å². The van der Waals surface area contributed by atoms with Crippen LogP contribution in [0.3, 0.4) is 0 Å². The Hall–Kier alpha value is -1.62. The summed E-state index contributed by atoms with van der Waals surface area (Å²) in [6.45, 7) is 0. The van der Waals surface area contributed by atoms with Gasteiger partial charge in [0.2, 0.25) is 0 Å². The van der Waals surface area contributed by atoms with Gasteiger partial charge in [-0.15, -0.1) is 0 Å². The molecule has 1 aromatic carbocycles. The topological polar surface area (TPSA) is 60.4 Å². The van der Waals surface area contributed by atoms with Crippen LogP contribution in [-0.4, -0.2) is 27.2 Å². The maximum absolute atomic E-state index is 11.4. The van der Waals surface area contributed by atoms with Crippen LogP contribution in [0.15, 0.2) is 35.7 Å². The van der Waals surface area contributed by atoms with Crippen molar-refractivity contribution in [3.8, 4) is 0 Å². The molecule has 0 aliphatic carbocycles. The maximum atomic E-state index is 11.4. The summed E-state index contributed by atoms with van der Waals surface area (Å²) in [6.07, 6.45) is 1.44. The van der Waals surface area contributed by atoms with Crippen molar-refractivity contribution in [3.63, 3.8) is 0 Å². The molecule has 0 aliphatic heterocycles. The molecule has 0 fully saturated rings. The zero-order valence-corrected chi connectivity index (χ0v) is 9.61. The number of carbonyl (C=O) groups is 1.